The van der Waals surface area contributed by atoms with E-state index in [9.17, 15) is 4.79 Å². The van der Waals surface area contributed by atoms with Crippen LogP contribution in [0.4, 0.5) is 0 Å². The molecular formula is C20H25N3O. The zero-order chi connectivity index (χ0) is 16.9. The normalized spacial score (nSPS) is 16.0. The van der Waals surface area contributed by atoms with Gasteiger partial charge in [-0.05, 0) is 49.3 Å². The number of nitrogens with zero attached hydrogens (tertiary/aromatic N) is 3. The first-order chi connectivity index (χ1) is 11.6. The minimum absolute atomic E-state index is 0.185. The second-order valence-electron chi connectivity index (χ2n) is 6.62. The van der Waals surface area contributed by atoms with Crippen molar-refractivity contribution in [2.24, 2.45) is 5.92 Å². The summed E-state index contributed by atoms with van der Waals surface area (Å²) in [7, 11) is 0. The number of hydrogen-bond donors (Lipinski definition) is 0. The molecule has 4 nitrogen and oxygen atoms in total. The van der Waals surface area contributed by atoms with Crippen LogP contribution in [0.3, 0.4) is 0 Å². The van der Waals surface area contributed by atoms with Crippen molar-refractivity contribution >= 4 is 12.0 Å². The summed E-state index contributed by atoms with van der Waals surface area (Å²) in [6.45, 7) is 6.39. The maximum Gasteiger partial charge on any atom is 0.242 e. The van der Waals surface area contributed by atoms with E-state index in [1.165, 1.54) is 16.7 Å². The Morgan fingerprint density at radius 1 is 1.25 bits per heavy atom. The summed E-state index contributed by atoms with van der Waals surface area (Å²) in [6.07, 6.45) is 11.9. The van der Waals surface area contributed by atoms with E-state index in [1.807, 2.05) is 15.7 Å². The number of likely N-dealkylation sites (tertiary alicyclic amines) is 1. The molecule has 1 saturated heterocycles. The van der Waals surface area contributed by atoms with Gasteiger partial charge in [-0.2, -0.15) is 0 Å². The molecule has 0 bridgehead atoms. The lowest BCUT2D eigenvalue weighted by molar-refractivity contribution is -0.133. The largest absolute Gasteiger partial charge is 0.341 e. The average molecular weight is 323 g/mol. The maximum absolute atomic E-state index is 12.3. The van der Waals surface area contributed by atoms with Crippen molar-refractivity contribution in [3.05, 3.63) is 59.7 Å². The highest BCUT2D eigenvalue weighted by atomic mass is 16.2. The molecule has 0 radical (unpaired) electrons. The van der Waals surface area contributed by atoms with Crippen molar-refractivity contribution in [1.29, 1.82) is 0 Å². The molecule has 1 aromatic heterocycles. The second kappa shape index (κ2) is 7.47. The van der Waals surface area contributed by atoms with Crippen molar-refractivity contribution in [2.45, 2.75) is 33.2 Å². The third-order valence-electron chi connectivity index (χ3n) is 4.85. The van der Waals surface area contributed by atoms with Crippen LogP contribution in [-0.4, -0.2) is 33.4 Å². The molecule has 2 aromatic rings. The summed E-state index contributed by atoms with van der Waals surface area (Å²) in [5.74, 6) is 0.742. The van der Waals surface area contributed by atoms with Gasteiger partial charge in [-0.3, -0.25) is 4.79 Å². The number of carbonyl (C=O) groups is 1. The van der Waals surface area contributed by atoms with Crippen molar-refractivity contribution in [2.75, 3.05) is 13.1 Å². The fourth-order valence-corrected chi connectivity index (χ4v) is 3.30. The first-order valence-corrected chi connectivity index (χ1v) is 8.61. The van der Waals surface area contributed by atoms with Gasteiger partial charge < -0.3 is 9.47 Å². The van der Waals surface area contributed by atoms with Crippen molar-refractivity contribution < 1.29 is 4.79 Å². The van der Waals surface area contributed by atoms with Gasteiger partial charge in [0.15, 0.2) is 0 Å². The Morgan fingerprint density at radius 3 is 2.58 bits per heavy atom. The fraction of sp³-hybridized carbons (Fsp3) is 0.400. The number of allylic oxidation sites excluding steroid dienone is 1. The molecule has 24 heavy (non-hydrogen) atoms. The third kappa shape index (κ3) is 3.94. The van der Waals surface area contributed by atoms with E-state index in [-0.39, 0.29) is 5.91 Å². The first kappa shape index (κ1) is 16.5. The highest BCUT2D eigenvalue weighted by molar-refractivity contribution is 5.76. The lowest BCUT2D eigenvalue weighted by Gasteiger charge is -2.31. The van der Waals surface area contributed by atoms with E-state index in [0.717, 1.165) is 25.9 Å². The predicted octanol–water partition coefficient (Wildman–Crippen LogP) is 3.45. The number of imidazole rings is 1. The number of benzene rings is 1. The van der Waals surface area contributed by atoms with Crippen LogP contribution in [-0.2, 0) is 11.3 Å². The Morgan fingerprint density at radius 2 is 1.96 bits per heavy atom. The van der Waals surface area contributed by atoms with Gasteiger partial charge in [0.2, 0.25) is 5.91 Å². The number of carbonyl (C=O) groups excluding carboxylic acids is 1. The minimum atomic E-state index is 0.185. The molecule has 0 aliphatic carbocycles. The van der Waals surface area contributed by atoms with Crippen LogP contribution < -0.4 is 0 Å². The Bertz CT molecular complexity index is 690. The average Bonchev–Trinajstić information content (AvgIpc) is 3.08. The maximum atomic E-state index is 12.3. The molecule has 0 atom stereocenters. The molecule has 1 fully saturated rings. The summed E-state index contributed by atoms with van der Waals surface area (Å²) < 4.78 is 1.83. The molecule has 0 unspecified atom stereocenters. The number of aromatic nitrogens is 2. The third-order valence-corrected chi connectivity index (χ3v) is 4.85. The van der Waals surface area contributed by atoms with Gasteiger partial charge in [0.05, 0.1) is 6.33 Å². The monoisotopic (exact) mass is 323 g/mol. The molecule has 0 saturated carbocycles. The van der Waals surface area contributed by atoms with E-state index < -0.39 is 0 Å². The molecule has 1 aliphatic heterocycles. The standard InChI is InChI=1S/C20H25N3O/c1-16-4-3-5-17(2)19(16)7-6-18-8-11-23(12-9-18)20(24)14-22-13-10-21-15-22/h3-7,10,13,15,18H,8-9,11-12,14H2,1-2H3/b7-6+. The SMILES string of the molecule is Cc1cccc(C)c1/C=C/C1CCN(C(=O)Cn2ccnc2)CC1. The van der Waals surface area contributed by atoms with Crippen LogP contribution in [0.2, 0.25) is 0 Å². The molecule has 2 heterocycles. The summed E-state index contributed by atoms with van der Waals surface area (Å²) in [6, 6.07) is 6.42. The van der Waals surface area contributed by atoms with E-state index in [4.69, 9.17) is 0 Å². The lowest BCUT2D eigenvalue weighted by atomic mass is 9.94. The van der Waals surface area contributed by atoms with Crippen LogP contribution in [0, 0.1) is 19.8 Å². The molecule has 126 valence electrons. The zero-order valence-electron chi connectivity index (χ0n) is 14.5. The van der Waals surface area contributed by atoms with E-state index >= 15 is 0 Å². The number of piperidine rings is 1. The summed E-state index contributed by atoms with van der Waals surface area (Å²) >= 11 is 0. The molecule has 0 N–H and O–H groups in total. The fourth-order valence-electron chi connectivity index (χ4n) is 3.30. The number of rotatable bonds is 4. The van der Waals surface area contributed by atoms with E-state index in [1.54, 1.807) is 12.5 Å². The topological polar surface area (TPSA) is 38.1 Å². The van der Waals surface area contributed by atoms with Gasteiger partial charge in [0.25, 0.3) is 0 Å². The molecule has 0 spiro atoms. The minimum Gasteiger partial charge on any atom is -0.341 e. The first-order valence-electron chi connectivity index (χ1n) is 8.61. The van der Waals surface area contributed by atoms with Gasteiger partial charge in [-0.1, -0.05) is 30.4 Å². The molecule has 4 heteroatoms. The number of aryl methyl sites for hydroxylation is 2. The number of hydrogen-bond acceptors (Lipinski definition) is 2. The Balaban J connectivity index is 1.53. The van der Waals surface area contributed by atoms with Crippen LogP contribution >= 0.6 is 0 Å². The highest BCUT2D eigenvalue weighted by Crippen LogP contribution is 2.22. The molecule has 3 rings (SSSR count). The van der Waals surface area contributed by atoms with Crippen LogP contribution in [0.5, 0.6) is 0 Å². The van der Waals surface area contributed by atoms with E-state index in [2.05, 4.69) is 49.2 Å². The molecule has 1 amide bonds. The Hall–Kier alpha value is -2.36. The molecule has 1 aromatic carbocycles. The van der Waals surface area contributed by atoms with Crippen molar-refractivity contribution in [3.8, 4) is 0 Å². The predicted molar refractivity (Wildman–Crippen MR) is 96.5 cm³/mol. The molecular weight excluding hydrogens is 298 g/mol. The van der Waals surface area contributed by atoms with Gasteiger partial charge in [-0.25, -0.2) is 4.98 Å². The van der Waals surface area contributed by atoms with Crippen molar-refractivity contribution in [3.63, 3.8) is 0 Å². The summed E-state index contributed by atoms with van der Waals surface area (Å²) in [5.41, 5.74) is 3.97. The van der Waals surface area contributed by atoms with E-state index in [0.29, 0.717) is 12.5 Å². The van der Waals surface area contributed by atoms with Gasteiger partial charge in [0, 0.05) is 25.5 Å². The van der Waals surface area contributed by atoms with Crippen molar-refractivity contribution in [1.82, 2.24) is 14.5 Å². The quantitative estimate of drug-likeness (QED) is 0.864. The summed E-state index contributed by atoms with van der Waals surface area (Å²) in [4.78, 5) is 18.3. The van der Waals surface area contributed by atoms with Crippen LogP contribution in [0.25, 0.3) is 6.08 Å². The zero-order valence-corrected chi connectivity index (χ0v) is 14.5. The Labute approximate surface area is 143 Å². The van der Waals surface area contributed by atoms with Crippen LogP contribution in [0.1, 0.15) is 29.5 Å². The lowest BCUT2D eigenvalue weighted by Crippen LogP contribution is -2.39. The van der Waals surface area contributed by atoms with Gasteiger partial charge in [0.1, 0.15) is 6.54 Å². The highest BCUT2D eigenvalue weighted by Gasteiger charge is 2.21. The van der Waals surface area contributed by atoms with Crippen LogP contribution in [0.15, 0.2) is 43.0 Å². The Kier molecular flexibility index (Phi) is 5.14. The smallest absolute Gasteiger partial charge is 0.242 e. The summed E-state index contributed by atoms with van der Waals surface area (Å²) in [5, 5.41) is 0. The van der Waals surface area contributed by atoms with Gasteiger partial charge >= 0.3 is 0 Å². The number of amides is 1. The molecule has 1 aliphatic rings. The second-order valence-corrected chi connectivity index (χ2v) is 6.62. The van der Waals surface area contributed by atoms with Gasteiger partial charge in [-0.15, -0.1) is 0 Å².